The zero-order chi connectivity index (χ0) is 16.9. The summed E-state index contributed by atoms with van der Waals surface area (Å²) < 4.78 is 0. The second-order valence-electron chi connectivity index (χ2n) is 7.56. The van der Waals surface area contributed by atoms with Crippen molar-refractivity contribution in [2.24, 2.45) is 5.92 Å². The van der Waals surface area contributed by atoms with Crippen molar-refractivity contribution in [2.45, 2.75) is 44.1 Å². The third-order valence-electron chi connectivity index (χ3n) is 6.02. The van der Waals surface area contributed by atoms with Crippen molar-refractivity contribution in [2.75, 3.05) is 24.5 Å². The molecule has 0 radical (unpaired) electrons. The van der Waals surface area contributed by atoms with Gasteiger partial charge in [-0.1, -0.05) is 18.2 Å². The molecule has 1 spiro atoms. The van der Waals surface area contributed by atoms with Crippen molar-refractivity contribution in [3.8, 4) is 0 Å². The van der Waals surface area contributed by atoms with Crippen LogP contribution < -0.4 is 4.90 Å². The van der Waals surface area contributed by atoms with E-state index >= 15 is 0 Å². The van der Waals surface area contributed by atoms with Crippen LogP contribution in [0.25, 0.3) is 0 Å². The molecule has 1 atom stereocenters. The Kier molecular flexibility index (Phi) is 3.64. The third-order valence-corrected chi connectivity index (χ3v) is 6.02. The molecular formula is C19H24N2O3. The number of benzene rings is 1. The number of piperidine rings is 1. The topological polar surface area (TPSA) is 60.9 Å². The van der Waals surface area contributed by atoms with Crippen LogP contribution in [0.2, 0.25) is 0 Å². The van der Waals surface area contributed by atoms with E-state index in [0.29, 0.717) is 19.6 Å². The normalized spacial score (nSPS) is 23.2. The van der Waals surface area contributed by atoms with E-state index < -0.39 is 11.8 Å². The number of nitrogens with zero attached hydrogens (tertiary/aromatic N) is 2. The highest BCUT2D eigenvalue weighted by molar-refractivity contribution is 6.40. The van der Waals surface area contributed by atoms with Gasteiger partial charge in [-0.15, -0.1) is 0 Å². The molecule has 1 saturated heterocycles. The number of para-hydroxylation sites is 1. The highest BCUT2D eigenvalue weighted by atomic mass is 16.3. The fourth-order valence-electron chi connectivity index (χ4n) is 4.23. The molecule has 1 aliphatic carbocycles. The summed E-state index contributed by atoms with van der Waals surface area (Å²) in [5.74, 6) is -0.570. The Morgan fingerprint density at radius 2 is 1.83 bits per heavy atom. The SMILES string of the molecule is CC(O)C1CCN(C(=O)C(=O)N2CC3(CC3)c3ccccc32)CC1. The molecular weight excluding hydrogens is 304 g/mol. The predicted molar refractivity (Wildman–Crippen MR) is 90.7 cm³/mol. The van der Waals surface area contributed by atoms with Crippen LogP contribution in [0.5, 0.6) is 0 Å². The molecule has 5 nitrogen and oxygen atoms in total. The maximum Gasteiger partial charge on any atom is 0.316 e. The molecule has 5 heteroatoms. The fourth-order valence-corrected chi connectivity index (χ4v) is 4.23. The van der Waals surface area contributed by atoms with Crippen molar-refractivity contribution in [1.82, 2.24) is 4.90 Å². The van der Waals surface area contributed by atoms with Gasteiger partial charge in [-0.25, -0.2) is 0 Å². The number of hydrogen-bond acceptors (Lipinski definition) is 3. The lowest BCUT2D eigenvalue weighted by molar-refractivity contribution is -0.145. The molecule has 0 bridgehead atoms. The zero-order valence-corrected chi connectivity index (χ0v) is 14.1. The van der Waals surface area contributed by atoms with Gasteiger partial charge in [-0.3, -0.25) is 9.59 Å². The summed E-state index contributed by atoms with van der Waals surface area (Å²) >= 11 is 0. The highest BCUT2D eigenvalue weighted by Gasteiger charge is 2.53. The van der Waals surface area contributed by atoms with Gasteiger partial charge in [-0.05, 0) is 50.2 Å². The molecule has 1 saturated carbocycles. The van der Waals surface area contributed by atoms with Crippen LogP contribution in [0.15, 0.2) is 24.3 Å². The summed E-state index contributed by atoms with van der Waals surface area (Å²) in [4.78, 5) is 28.8. The minimum absolute atomic E-state index is 0.103. The second-order valence-corrected chi connectivity index (χ2v) is 7.56. The van der Waals surface area contributed by atoms with Gasteiger partial charge in [0.2, 0.25) is 0 Å². The van der Waals surface area contributed by atoms with Gasteiger partial charge in [0, 0.05) is 30.7 Å². The molecule has 4 rings (SSSR count). The number of hydrogen-bond donors (Lipinski definition) is 1. The van der Waals surface area contributed by atoms with Crippen molar-refractivity contribution in [1.29, 1.82) is 0 Å². The first-order chi connectivity index (χ1) is 11.5. The van der Waals surface area contributed by atoms with E-state index in [2.05, 4.69) is 6.07 Å². The first kappa shape index (κ1) is 15.6. The molecule has 2 aliphatic heterocycles. The number of amides is 2. The Hall–Kier alpha value is -1.88. The lowest BCUT2D eigenvalue weighted by atomic mass is 9.92. The summed E-state index contributed by atoms with van der Waals surface area (Å²) in [6, 6.07) is 7.98. The zero-order valence-electron chi connectivity index (χ0n) is 14.1. The van der Waals surface area contributed by atoms with Crippen molar-refractivity contribution in [3.05, 3.63) is 29.8 Å². The smallest absolute Gasteiger partial charge is 0.316 e. The summed E-state index contributed by atoms with van der Waals surface area (Å²) in [5, 5.41) is 9.68. The minimum Gasteiger partial charge on any atom is -0.393 e. The van der Waals surface area contributed by atoms with E-state index in [0.717, 1.165) is 31.4 Å². The Bertz CT molecular complexity index is 673. The van der Waals surface area contributed by atoms with E-state index in [9.17, 15) is 14.7 Å². The van der Waals surface area contributed by atoms with E-state index in [1.165, 1.54) is 5.56 Å². The van der Waals surface area contributed by atoms with Gasteiger partial charge in [0.05, 0.1) is 6.10 Å². The van der Waals surface area contributed by atoms with E-state index in [1.807, 2.05) is 18.2 Å². The Balaban J connectivity index is 1.48. The molecule has 1 unspecified atom stereocenters. The monoisotopic (exact) mass is 328 g/mol. The van der Waals surface area contributed by atoms with E-state index in [-0.39, 0.29) is 17.4 Å². The third kappa shape index (κ3) is 2.42. The molecule has 1 N–H and O–H groups in total. The number of carbonyl (C=O) groups excluding carboxylic acids is 2. The van der Waals surface area contributed by atoms with Gasteiger partial charge in [-0.2, -0.15) is 0 Å². The minimum atomic E-state index is -0.401. The predicted octanol–water partition coefficient (Wildman–Crippen LogP) is 1.68. The van der Waals surface area contributed by atoms with Crippen molar-refractivity contribution < 1.29 is 14.7 Å². The van der Waals surface area contributed by atoms with Crippen LogP contribution in [0.4, 0.5) is 5.69 Å². The van der Waals surface area contributed by atoms with Crippen LogP contribution in [0.1, 0.15) is 38.2 Å². The fraction of sp³-hybridized carbons (Fsp3) is 0.579. The molecule has 128 valence electrons. The first-order valence-corrected chi connectivity index (χ1v) is 8.90. The number of rotatable bonds is 1. The van der Waals surface area contributed by atoms with Crippen molar-refractivity contribution in [3.63, 3.8) is 0 Å². The summed E-state index contributed by atoms with van der Waals surface area (Å²) in [6.45, 7) is 3.55. The van der Waals surface area contributed by atoms with Gasteiger partial charge < -0.3 is 14.9 Å². The molecule has 1 aromatic rings. The number of likely N-dealkylation sites (tertiary alicyclic amines) is 1. The lowest BCUT2D eigenvalue weighted by Gasteiger charge is -2.33. The van der Waals surface area contributed by atoms with Crippen LogP contribution in [0, 0.1) is 5.92 Å². The Morgan fingerprint density at radius 3 is 2.46 bits per heavy atom. The highest BCUT2D eigenvalue weighted by Crippen LogP contribution is 2.56. The standard InChI is InChI=1S/C19H24N2O3/c1-13(22)14-6-10-20(11-7-14)17(23)18(24)21-12-19(8-9-19)15-4-2-3-5-16(15)21/h2-5,13-14,22H,6-12H2,1H3. The molecule has 1 aromatic carbocycles. The Labute approximate surface area is 142 Å². The number of anilines is 1. The number of fused-ring (bicyclic) bond motifs is 2. The number of aliphatic hydroxyl groups is 1. The van der Waals surface area contributed by atoms with E-state index in [4.69, 9.17) is 0 Å². The number of aliphatic hydroxyl groups excluding tert-OH is 1. The molecule has 2 fully saturated rings. The van der Waals surface area contributed by atoms with Gasteiger partial charge in [0.1, 0.15) is 0 Å². The molecule has 2 amide bonds. The van der Waals surface area contributed by atoms with Crippen LogP contribution in [-0.4, -0.2) is 47.6 Å². The number of carbonyl (C=O) groups is 2. The average Bonchev–Trinajstić information content (AvgIpc) is 3.31. The van der Waals surface area contributed by atoms with Gasteiger partial charge in [0.15, 0.2) is 0 Å². The average molecular weight is 328 g/mol. The lowest BCUT2D eigenvalue weighted by Crippen LogP contribution is -2.49. The summed E-state index contributed by atoms with van der Waals surface area (Å²) in [5.41, 5.74) is 2.23. The largest absolute Gasteiger partial charge is 0.393 e. The molecule has 3 aliphatic rings. The molecule has 0 aromatic heterocycles. The summed E-state index contributed by atoms with van der Waals surface area (Å²) in [7, 11) is 0. The maximum atomic E-state index is 12.8. The Morgan fingerprint density at radius 1 is 1.17 bits per heavy atom. The quantitative estimate of drug-likeness (QED) is 0.798. The second kappa shape index (κ2) is 5.59. The molecule has 24 heavy (non-hydrogen) atoms. The van der Waals surface area contributed by atoms with Crippen molar-refractivity contribution >= 4 is 17.5 Å². The first-order valence-electron chi connectivity index (χ1n) is 8.90. The molecule has 2 heterocycles. The van der Waals surface area contributed by atoms with Gasteiger partial charge >= 0.3 is 11.8 Å². The van der Waals surface area contributed by atoms with Crippen LogP contribution >= 0.6 is 0 Å². The van der Waals surface area contributed by atoms with Gasteiger partial charge in [0.25, 0.3) is 0 Å². The van der Waals surface area contributed by atoms with Crippen LogP contribution in [0.3, 0.4) is 0 Å². The maximum absolute atomic E-state index is 12.8. The van der Waals surface area contributed by atoms with Crippen LogP contribution in [-0.2, 0) is 15.0 Å². The summed E-state index contributed by atoms with van der Waals surface area (Å²) in [6.07, 6.45) is 3.37. The van der Waals surface area contributed by atoms with E-state index in [1.54, 1.807) is 16.7 Å².